The summed E-state index contributed by atoms with van der Waals surface area (Å²) in [5, 5.41) is 0. The zero-order valence-corrected chi connectivity index (χ0v) is 21.8. The third-order valence-electron chi connectivity index (χ3n) is 13.0. The zero-order chi connectivity index (χ0) is 22.4. The van der Waals surface area contributed by atoms with Gasteiger partial charge in [0.05, 0.1) is 0 Å². The Bertz CT molecular complexity index is 750. The lowest BCUT2D eigenvalue weighted by Gasteiger charge is -2.62. The summed E-state index contributed by atoms with van der Waals surface area (Å²) in [6.07, 6.45) is 16.4. The molecule has 8 atom stereocenters. The van der Waals surface area contributed by atoms with Crippen LogP contribution in [-0.4, -0.2) is 5.78 Å². The van der Waals surface area contributed by atoms with Crippen LogP contribution in [-0.2, 0) is 4.79 Å². The van der Waals surface area contributed by atoms with E-state index in [0.717, 1.165) is 30.1 Å². The Hall–Kier alpha value is -0.330. The first-order valence-electron chi connectivity index (χ1n) is 14.0. The van der Waals surface area contributed by atoms with E-state index in [1.54, 1.807) is 0 Å². The van der Waals surface area contributed by atoms with Crippen LogP contribution < -0.4 is 0 Å². The third-order valence-corrected chi connectivity index (χ3v) is 13.0. The van der Waals surface area contributed by atoms with Gasteiger partial charge in [0.15, 0.2) is 0 Å². The monoisotopic (exact) mass is 426 g/mol. The number of carbonyl (C=O) groups is 1. The Labute approximate surface area is 192 Å². The van der Waals surface area contributed by atoms with Crippen LogP contribution in [0.1, 0.15) is 126 Å². The molecule has 2 spiro atoms. The Morgan fingerprint density at radius 3 is 2.19 bits per heavy atom. The average Bonchev–Trinajstić information content (AvgIpc) is 3.27. The molecule has 0 heterocycles. The molecule has 0 aromatic carbocycles. The van der Waals surface area contributed by atoms with Crippen molar-refractivity contribution in [3.05, 3.63) is 0 Å². The molecule has 5 aliphatic rings. The van der Waals surface area contributed by atoms with Gasteiger partial charge in [-0.2, -0.15) is 0 Å². The standard InChI is InChI=1S/C30H50O/c1-20(2)9-8-10-21(3)22-13-15-28(7)24-12-11-23-26(4,5)25(31)14-16-29(23)19-30(24,29)18-17-27(22,28)6/h20-24H,8-19H2,1-7H3. The summed E-state index contributed by atoms with van der Waals surface area (Å²) in [4.78, 5) is 12.8. The summed E-state index contributed by atoms with van der Waals surface area (Å²) in [6, 6.07) is 0. The van der Waals surface area contributed by atoms with E-state index in [9.17, 15) is 4.79 Å². The van der Waals surface area contributed by atoms with Crippen LogP contribution >= 0.6 is 0 Å². The lowest BCUT2D eigenvalue weighted by molar-refractivity contribution is -0.157. The Balaban J connectivity index is 1.39. The second-order valence-electron chi connectivity index (χ2n) is 14.6. The minimum Gasteiger partial charge on any atom is -0.299 e. The number of hydrogen-bond donors (Lipinski definition) is 0. The zero-order valence-electron chi connectivity index (χ0n) is 21.8. The van der Waals surface area contributed by atoms with Crippen molar-refractivity contribution >= 4 is 5.78 Å². The summed E-state index contributed by atoms with van der Waals surface area (Å²) in [5.41, 5.74) is 2.12. The molecule has 0 saturated heterocycles. The van der Waals surface area contributed by atoms with Gasteiger partial charge in [-0.1, -0.05) is 67.7 Å². The van der Waals surface area contributed by atoms with Crippen molar-refractivity contribution in [3.63, 3.8) is 0 Å². The second-order valence-corrected chi connectivity index (χ2v) is 14.6. The summed E-state index contributed by atoms with van der Waals surface area (Å²) in [7, 11) is 0. The topological polar surface area (TPSA) is 17.1 Å². The summed E-state index contributed by atoms with van der Waals surface area (Å²) < 4.78 is 0. The molecule has 0 aromatic heterocycles. The van der Waals surface area contributed by atoms with Gasteiger partial charge in [0.1, 0.15) is 5.78 Å². The molecule has 0 radical (unpaired) electrons. The minimum absolute atomic E-state index is 0.0719. The van der Waals surface area contributed by atoms with E-state index < -0.39 is 0 Å². The number of Topliss-reactive ketones (excluding diaryl/α,β-unsaturated/α-hetero) is 1. The molecule has 1 heteroatoms. The van der Waals surface area contributed by atoms with Gasteiger partial charge in [0.25, 0.3) is 0 Å². The predicted molar refractivity (Wildman–Crippen MR) is 130 cm³/mol. The van der Waals surface area contributed by atoms with Gasteiger partial charge in [-0.3, -0.25) is 4.79 Å². The number of fused-ring (bicyclic) bond motifs is 2. The quantitative estimate of drug-likeness (QED) is 0.431. The fourth-order valence-corrected chi connectivity index (χ4v) is 11.2. The third kappa shape index (κ3) is 2.70. The molecule has 0 amide bonds. The van der Waals surface area contributed by atoms with Crippen molar-refractivity contribution in [1.82, 2.24) is 0 Å². The van der Waals surface area contributed by atoms with Crippen molar-refractivity contribution in [2.45, 2.75) is 126 Å². The van der Waals surface area contributed by atoms with E-state index >= 15 is 0 Å². The van der Waals surface area contributed by atoms with Crippen LogP contribution in [0.4, 0.5) is 0 Å². The van der Waals surface area contributed by atoms with Crippen LogP contribution in [0, 0.1) is 56.7 Å². The number of ketones is 1. The van der Waals surface area contributed by atoms with Gasteiger partial charge in [-0.15, -0.1) is 0 Å². The second kappa shape index (κ2) is 6.85. The molecule has 5 aliphatic carbocycles. The maximum Gasteiger partial charge on any atom is 0.138 e. The first-order valence-corrected chi connectivity index (χ1v) is 14.0. The number of rotatable bonds is 5. The molecule has 0 bridgehead atoms. The molecule has 176 valence electrons. The highest BCUT2D eigenvalue weighted by Gasteiger charge is 2.82. The lowest BCUT2D eigenvalue weighted by atomic mass is 9.42. The fraction of sp³-hybridized carbons (Fsp3) is 0.967. The Kier molecular flexibility index (Phi) is 4.96. The molecule has 31 heavy (non-hydrogen) atoms. The summed E-state index contributed by atoms with van der Waals surface area (Å²) >= 11 is 0. The van der Waals surface area contributed by atoms with Gasteiger partial charge in [0, 0.05) is 11.8 Å². The fourth-order valence-electron chi connectivity index (χ4n) is 11.2. The van der Waals surface area contributed by atoms with E-state index in [4.69, 9.17) is 0 Å². The minimum atomic E-state index is -0.0719. The van der Waals surface area contributed by atoms with Crippen molar-refractivity contribution in [1.29, 1.82) is 0 Å². The molecule has 5 saturated carbocycles. The van der Waals surface area contributed by atoms with Gasteiger partial charge in [-0.05, 0) is 103 Å². The van der Waals surface area contributed by atoms with Crippen molar-refractivity contribution in [2.75, 3.05) is 0 Å². The van der Waals surface area contributed by atoms with E-state index in [1.807, 2.05) is 0 Å². The highest BCUT2D eigenvalue weighted by molar-refractivity contribution is 5.86. The highest BCUT2D eigenvalue weighted by Crippen LogP contribution is 2.88. The van der Waals surface area contributed by atoms with E-state index in [-0.39, 0.29) is 5.41 Å². The smallest absolute Gasteiger partial charge is 0.138 e. The Morgan fingerprint density at radius 1 is 0.806 bits per heavy atom. The SMILES string of the molecule is CC(C)CCCC(C)C1CCC2(C)C3CCC4C(C)(C)C(=O)CCC45CC35CCC12C. The lowest BCUT2D eigenvalue weighted by Crippen LogP contribution is -2.57. The first kappa shape index (κ1) is 22.5. The van der Waals surface area contributed by atoms with Gasteiger partial charge in [-0.25, -0.2) is 0 Å². The van der Waals surface area contributed by atoms with E-state index in [0.29, 0.717) is 33.4 Å². The van der Waals surface area contributed by atoms with Crippen LogP contribution in [0.2, 0.25) is 0 Å². The highest BCUT2D eigenvalue weighted by atomic mass is 16.1. The molecule has 0 aliphatic heterocycles. The summed E-state index contributed by atoms with van der Waals surface area (Å²) in [6.45, 7) is 17.4. The first-order chi connectivity index (χ1) is 14.4. The van der Waals surface area contributed by atoms with Crippen molar-refractivity contribution < 1.29 is 4.79 Å². The number of hydrogen-bond acceptors (Lipinski definition) is 1. The van der Waals surface area contributed by atoms with Crippen LogP contribution in [0.25, 0.3) is 0 Å². The van der Waals surface area contributed by atoms with E-state index in [2.05, 4.69) is 48.5 Å². The maximum absolute atomic E-state index is 12.8. The number of carbonyl (C=O) groups excluding carboxylic acids is 1. The molecule has 1 nitrogen and oxygen atoms in total. The van der Waals surface area contributed by atoms with Crippen LogP contribution in [0.15, 0.2) is 0 Å². The largest absolute Gasteiger partial charge is 0.299 e. The van der Waals surface area contributed by atoms with Gasteiger partial charge < -0.3 is 0 Å². The molecule has 8 unspecified atom stereocenters. The van der Waals surface area contributed by atoms with E-state index in [1.165, 1.54) is 70.6 Å². The molecule has 5 fully saturated rings. The molecular formula is C30H50O. The normalized spacial score (nSPS) is 51.0. The molecule has 0 N–H and O–H groups in total. The van der Waals surface area contributed by atoms with Gasteiger partial charge in [0.2, 0.25) is 0 Å². The maximum atomic E-state index is 12.8. The van der Waals surface area contributed by atoms with Crippen LogP contribution in [0.3, 0.4) is 0 Å². The van der Waals surface area contributed by atoms with Crippen LogP contribution in [0.5, 0.6) is 0 Å². The van der Waals surface area contributed by atoms with Crippen molar-refractivity contribution in [2.24, 2.45) is 56.7 Å². The molecule has 0 aromatic rings. The summed E-state index contributed by atoms with van der Waals surface area (Å²) in [5.74, 6) is 4.81. The molecule has 5 rings (SSSR count). The van der Waals surface area contributed by atoms with Crippen molar-refractivity contribution in [3.8, 4) is 0 Å². The Morgan fingerprint density at radius 2 is 1.48 bits per heavy atom. The molecular weight excluding hydrogens is 376 g/mol. The van der Waals surface area contributed by atoms with Gasteiger partial charge >= 0.3 is 0 Å². The predicted octanol–water partition coefficient (Wildman–Crippen LogP) is 8.46. The average molecular weight is 427 g/mol.